The number of imide groups is 1. The van der Waals surface area contributed by atoms with Crippen LogP contribution < -0.4 is 5.32 Å². The summed E-state index contributed by atoms with van der Waals surface area (Å²) >= 11 is 0. The smallest absolute Gasteiger partial charge is 0.243 e. The fourth-order valence-corrected chi connectivity index (χ4v) is 4.22. The number of carbonyl (C=O) groups is 3. The molecule has 0 aromatic carbocycles. The molecule has 1 heterocycles. The normalized spacial score (nSPS) is 24.3. The lowest BCUT2D eigenvalue weighted by Gasteiger charge is -2.28. The number of hydrogen-bond acceptors (Lipinski definition) is 3. The Hall–Kier alpha value is -1.65. The zero-order valence-corrected chi connectivity index (χ0v) is 17.4. The Labute approximate surface area is 163 Å². The van der Waals surface area contributed by atoms with Gasteiger partial charge in [-0.05, 0) is 37.5 Å². The van der Waals surface area contributed by atoms with Crippen molar-refractivity contribution < 1.29 is 14.4 Å². The molecule has 0 aromatic rings. The van der Waals surface area contributed by atoms with Crippen LogP contribution >= 0.6 is 0 Å². The highest BCUT2D eigenvalue weighted by Crippen LogP contribution is 2.37. The SMILES string of the molecule is CCCCC(CC)CNC(=O)C(CC(C)C)N1C(=O)C2CC=CCC2C1=O. The number of fused-ring (bicyclic) bond motifs is 1. The largest absolute Gasteiger partial charge is 0.354 e. The van der Waals surface area contributed by atoms with E-state index in [-0.39, 0.29) is 35.5 Å². The average Bonchev–Trinajstić information content (AvgIpc) is 2.90. The van der Waals surface area contributed by atoms with Gasteiger partial charge in [-0.3, -0.25) is 19.3 Å². The molecule has 0 saturated carbocycles. The van der Waals surface area contributed by atoms with E-state index in [4.69, 9.17) is 0 Å². The van der Waals surface area contributed by atoms with E-state index >= 15 is 0 Å². The van der Waals surface area contributed by atoms with E-state index in [9.17, 15) is 14.4 Å². The molecule has 152 valence electrons. The van der Waals surface area contributed by atoms with Crippen LogP contribution in [0, 0.1) is 23.7 Å². The molecule has 4 atom stereocenters. The number of nitrogens with one attached hydrogen (secondary N) is 1. The van der Waals surface area contributed by atoms with Crippen LogP contribution in [0.5, 0.6) is 0 Å². The number of carbonyl (C=O) groups excluding carboxylic acids is 3. The van der Waals surface area contributed by atoms with E-state index in [2.05, 4.69) is 19.2 Å². The van der Waals surface area contributed by atoms with Gasteiger partial charge in [-0.2, -0.15) is 0 Å². The van der Waals surface area contributed by atoms with Gasteiger partial charge in [-0.25, -0.2) is 0 Å². The first-order valence-electron chi connectivity index (χ1n) is 10.7. The molecule has 0 bridgehead atoms. The van der Waals surface area contributed by atoms with Crippen LogP contribution in [-0.4, -0.2) is 35.2 Å². The number of hydrogen-bond donors (Lipinski definition) is 1. The first-order valence-corrected chi connectivity index (χ1v) is 10.7. The Morgan fingerprint density at radius 2 is 1.74 bits per heavy atom. The molecule has 1 fully saturated rings. The van der Waals surface area contributed by atoms with E-state index in [1.807, 2.05) is 26.0 Å². The Morgan fingerprint density at radius 1 is 1.15 bits per heavy atom. The van der Waals surface area contributed by atoms with Gasteiger partial charge >= 0.3 is 0 Å². The van der Waals surface area contributed by atoms with Gasteiger partial charge in [0.05, 0.1) is 11.8 Å². The lowest BCUT2D eigenvalue weighted by molar-refractivity contribution is -0.148. The van der Waals surface area contributed by atoms with Crippen molar-refractivity contribution >= 4 is 17.7 Å². The van der Waals surface area contributed by atoms with Crippen molar-refractivity contribution in [3.63, 3.8) is 0 Å². The quantitative estimate of drug-likeness (QED) is 0.467. The minimum atomic E-state index is -0.681. The van der Waals surface area contributed by atoms with Crippen molar-refractivity contribution in [2.24, 2.45) is 23.7 Å². The molecule has 1 saturated heterocycles. The van der Waals surface area contributed by atoms with Crippen LogP contribution in [0.15, 0.2) is 12.2 Å². The Kier molecular flexibility index (Phi) is 8.06. The van der Waals surface area contributed by atoms with Gasteiger partial charge in [-0.15, -0.1) is 0 Å². The van der Waals surface area contributed by atoms with Gasteiger partial charge in [0.1, 0.15) is 6.04 Å². The zero-order valence-electron chi connectivity index (χ0n) is 17.4. The summed E-state index contributed by atoms with van der Waals surface area (Å²) in [5.74, 6) is -0.376. The number of likely N-dealkylation sites (tertiary alicyclic amines) is 1. The first kappa shape index (κ1) is 21.6. The summed E-state index contributed by atoms with van der Waals surface area (Å²) in [5.41, 5.74) is 0. The van der Waals surface area contributed by atoms with Crippen LogP contribution in [0.4, 0.5) is 0 Å². The molecule has 1 N–H and O–H groups in total. The van der Waals surface area contributed by atoms with Gasteiger partial charge < -0.3 is 5.32 Å². The number of rotatable bonds is 10. The van der Waals surface area contributed by atoms with Crippen molar-refractivity contribution in [2.45, 2.75) is 78.7 Å². The molecule has 1 aliphatic carbocycles. The first-order chi connectivity index (χ1) is 12.9. The highest BCUT2D eigenvalue weighted by molar-refractivity contribution is 6.08. The molecule has 5 nitrogen and oxygen atoms in total. The fraction of sp³-hybridized carbons (Fsp3) is 0.773. The third-order valence-corrected chi connectivity index (χ3v) is 5.96. The third-order valence-electron chi connectivity index (χ3n) is 5.96. The topological polar surface area (TPSA) is 66.5 Å². The van der Waals surface area contributed by atoms with Crippen molar-refractivity contribution in [2.75, 3.05) is 6.54 Å². The number of unbranched alkanes of at least 4 members (excludes halogenated alkanes) is 1. The molecular formula is C22H36N2O3. The van der Waals surface area contributed by atoms with E-state index in [0.29, 0.717) is 31.7 Å². The number of nitrogens with zero attached hydrogens (tertiary/aromatic N) is 1. The summed E-state index contributed by atoms with van der Waals surface area (Å²) in [6.07, 6.45) is 10.1. The van der Waals surface area contributed by atoms with Crippen LogP contribution in [0.3, 0.4) is 0 Å². The fourth-order valence-electron chi connectivity index (χ4n) is 4.22. The molecule has 0 radical (unpaired) electrons. The average molecular weight is 377 g/mol. The van der Waals surface area contributed by atoms with Crippen LogP contribution in [0.25, 0.3) is 0 Å². The highest BCUT2D eigenvalue weighted by atomic mass is 16.2. The molecule has 0 aromatic heterocycles. The maximum atomic E-state index is 13.0. The molecule has 27 heavy (non-hydrogen) atoms. The van der Waals surface area contributed by atoms with Gasteiger partial charge in [0.15, 0.2) is 0 Å². The third kappa shape index (κ3) is 5.20. The molecule has 2 rings (SSSR count). The Morgan fingerprint density at radius 3 is 2.22 bits per heavy atom. The molecule has 3 amide bonds. The monoisotopic (exact) mass is 376 g/mol. The molecule has 4 unspecified atom stereocenters. The van der Waals surface area contributed by atoms with Crippen molar-refractivity contribution in [1.82, 2.24) is 10.2 Å². The van der Waals surface area contributed by atoms with Gasteiger partial charge in [0.25, 0.3) is 0 Å². The second-order valence-corrected chi connectivity index (χ2v) is 8.51. The maximum absolute atomic E-state index is 13.0. The molecule has 2 aliphatic rings. The van der Waals surface area contributed by atoms with Crippen molar-refractivity contribution in [3.05, 3.63) is 12.2 Å². The molecule has 5 heteroatoms. The van der Waals surface area contributed by atoms with Gasteiger partial charge in [0.2, 0.25) is 17.7 Å². The lowest BCUT2D eigenvalue weighted by atomic mass is 9.85. The minimum absolute atomic E-state index is 0.159. The van der Waals surface area contributed by atoms with E-state index in [1.165, 1.54) is 4.90 Å². The molecule has 1 aliphatic heterocycles. The Balaban J connectivity index is 2.09. The molecule has 0 spiro atoms. The van der Waals surface area contributed by atoms with E-state index < -0.39 is 6.04 Å². The predicted octanol–water partition coefficient (Wildman–Crippen LogP) is 3.68. The summed E-state index contributed by atoms with van der Waals surface area (Å²) in [5, 5.41) is 3.05. The maximum Gasteiger partial charge on any atom is 0.243 e. The summed E-state index contributed by atoms with van der Waals surface area (Å²) in [4.78, 5) is 40.1. The van der Waals surface area contributed by atoms with Crippen LogP contribution in [-0.2, 0) is 14.4 Å². The molecular weight excluding hydrogens is 340 g/mol. The summed E-state index contributed by atoms with van der Waals surface area (Å²) in [7, 11) is 0. The summed E-state index contributed by atoms with van der Waals surface area (Å²) in [6.45, 7) is 8.98. The Bertz CT molecular complexity index is 544. The standard InChI is InChI=1S/C22H36N2O3/c1-5-7-10-16(6-2)14-23-20(25)19(13-15(3)4)24-21(26)17-11-8-9-12-18(17)22(24)27/h8-9,15-19H,5-7,10-14H2,1-4H3,(H,23,25). The van der Waals surface area contributed by atoms with Gasteiger partial charge in [-0.1, -0.05) is 59.1 Å². The highest BCUT2D eigenvalue weighted by Gasteiger charge is 2.51. The predicted molar refractivity (Wildman–Crippen MR) is 107 cm³/mol. The second kappa shape index (κ2) is 10.0. The van der Waals surface area contributed by atoms with Crippen LogP contribution in [0.2, 0.25) is 0 Å². The van der Waals surface area contributed by atoms with Crippen molar-refractivity contribution in [1.29, 1.82) is 0 Å². The summed E-state index contributed by atoms with van der Waals surface area (Å²) in [6, 6.07) is -0.681. The number of amides is 3. The number of allylic oxidation sites excluding steroid dienone is 2. The van der Waals surface area contributed by atoms with Gasteiger partial charge in [0, 0.05) is 6.54 Å². The zero-order chi connectivity index (χ0) is 20.0. The minimum Gasteiger partial charge on any atom is -0.354 e. The lowest BCUT2D eigenvalue weighted by Crippen LogP contribution is -2.51. The summed E-state index contributed by atoms with van der Waals surface area (Å²) < 4.78 is 0. The van der Waals surface area contributed by atoms with E-state index in [0.717, 1.165) is 25.7 Å². The van der Waals surface area contributed by atoms with Crippen LogP contribution in [0.1, 0.15) is 72.6 Å². The second-order valence-electron chi connectivity index (χ2n) is 8.51. The van der Waals surface area contributed by atoms with Crippen molar-refractivity contribution in [3.8, 4) is 0 Å². The van der Waals surface area contributed by atoms with E-state index in [1.54, 1.807) is 0 Å².